The average Bonchev–Trinajstić information content (AvgIpc) is 3.10. The predicted molar refractivity (Wildman–Crippen MR) is 200 cm³/mol. The van der Waals surface area contributed by atoms with Crippen LogP contribution in [-0.2, 0) is 12.8 Å². The molecule has 0 amide bonds. The molecule has 0 aliphatic carbocycles. The molecule has 268 valence electrons. The molecule has 4 nitrogen and oxygen atoms in total. The Bertz CT molecular complexity index is 993. The zero-order valence-electron chi connectivity index (χ0n) is 30.5. The van der Waals surface area contributed by atoms with Gasteiger partial charge in [0.1, 0.15) is 11.9 Å². The van der Waals surface area contributed by atoms with Gasteiger partial charge in [0.25, 0.3) is 0 Å². The lowest BCUT2D eigenvalue weighted by Crippen LogP contribution is -2.43. The van der Waals surface area contributed by atoms with Crippen LogP contribution in [0.25, 0.3) is 0 Å². The van der Waals surface area contributed by atoms with Crippen LogP contribution < -0.4 is 4.74 Å². The topological polar surface area (TPSA) is 69.9 Å². The number of hydrogen-bond donors (Lipinski definition) is 3. The number of para-hydroxylation sites is 1. The Hall–Kier alpha value is -1.88. The summed E-state index contributed by atoms with van der Waals surface area (Å²) in [6, 6.07) is 16.5. The molecule has 0 aliphatic heterocycles. The number of aliphatic hydroxyl groups is 3. The summed E-state index contributed by atoms with van der Waals surface area (Å²) < 4.78 is 6.79. The van der Waals surface area contributed by atoms with Gasteiger partial charge in [-0.3, -0.25) is 0 Å². The average molecular weight is 653 g/mol. The lowest BCUT2D eigenvalue weighted by molar-refractivity contribution is -0.0747. The van der Waals surface area contributed by atoms with Gasteiger partial charge >= 0.3 is 0 Å². The van der Waals surface area contributed by atoms with Crippen molar-refractivity contribution in [2.24, 2.45) is 5.41 Å². The molecule has 0 fully saturated rings. The van der Waals surface area contributed by atoms with E-state index in [4.69, 9.17) is 4.74 Å². The third kappa shape index (κ3) is 16.4. The fourth-order valence-electron chi connectivity index (χ4n) is 6.85. The molecule has 0 saturated heterocycles. The van der Waals surface area contributed by atoms with Gasteiger partial charge in [0.05, 0.1) is 25.2 Å². The van der Waals surface area contributed by atoms with E-state index in [-0.39, 0.29) is 19.8 Å². The number of unbranched alkanes of at least 4 members (excludes halogenated alkanes) is 20. The fourth-order valence-corrected chi connectivity index (χ4v) is 6.85. The van der Waals surface area contributed by atoms with Crippen molar-refractivity contribution in [1.29, 1.82) is 0 Å². The van der Waals surface area contributed by atoms with Gasteiger partial charge < -0.3 is 20.1 Å². The number of benzene rings is 2. The molecule has 0 aromatic heterocycles. The van der Waals surface area contributed by atoms with E-state index in [1.54, 1.807) is 0 Å². The van der Waals surface area contributed by atoms with Gasteiger partial charge in [0, 0.05) is 0 Å². The second-order valence-electron chi connectivity index (χ2n) is 14.2. The van der Waals surface area contributed by atoms with Gasteiger partial charge in [-0.15, -0.1) is 0 Å². The van der Waals surface area contributed by atoms with Crippen molar-refractivity contribution in [3.05, 3.63) is 65.2 Å². The highest BCUT2D eigenvalue weighted by molar-refractivity contribution is 5.37. The van der Waals surface area contributed by atoms with E-state index in [0.29, 0.717) is 0 Å². The third-order valence-electron chi connectivity index (χ3n) is 10.2. The van der Waals surface area contributed by atoms with Crippen molar-refractivity contribution in [3.8, 4) is 5.75 Å². The molecule has 2 aromatic rings. The number of ether oxygens (including phenoxy) is 1. The summed E-state index contributed by atoms with van der Waals surface area (Å²) in [5.41, 5.74) is 2.09. The first kappa shape index (κ1) is 41.3. The van der Waals surface area contributed by atoms with Crippen LogP contribution in [0, 0.1) is 5.41 Å². The number of aliphatic hydroxyl groups excluding tert-OH is 3. The molecular formula is C43H72O4. The Balaban J connectivity index is 1.97. The summed E-state index contributed by atoms with van der Waals surface area (Å²) in [5.74, 6) is 0.786. The number of rotatable bonds is 31. The van der Waals surface area contributed by atoms with Crippen molar-refractivity contribution < 1.29 is 20.1 Å². The zero-order chi connectivity index (χ0) is 33.8. The Morgan fingerprint density at radius 3 is 1.28 bits per heavy atom. The van der Waals surface area contributed by atoms with Crippen LogP contribution in [0.2, 0.25) is 0 Å². The number of aryl methyl sites for hydroxylation is 2. The summed E-state index contributed by atoms with van der Waals surface area (Å²) in [7, 11) is 0. The van der Waals surface area contributed by atoms with Gasteiger partial charge in [-0.2, -0.15) is 0 Å². The predicted octanol–water partition coefficient (Wildman–Crippen LogP) is 11.5. The fraction of sp³-hybridized carbons (Fsp3) is 0.721. The Kier molecular flexibility index (Phi) is 23.7. The number of hydrogen-bond acceptors (Lipinski definition) is 4. The van der Waals surface area contributed by atoms with Crippen molar-refractivity contribution in [1.82, 2.24) is 0 Å². The van der Waals surface area contributed by atoms with E-state index >= 15 is 0 Å². The SMILES string of the molecule is CCCCCCCCCCCCCc1ccccc1OC(c1ccccc1CCCCCCCCCCCCC)C(CO)(CO)CO. The molecule has 0 bridgehead atoms. The van der Waals surface area contributed by atoms with Gasteiger partial charge in [0.15, 0.2) is 0 Å². The first-order chi connectivity index (χ1) is 23.2. The van der Waals surface area contributed by atoms with Gasteiger partial charge in [0.2, 0.25) is 0 Å². The molecule has 1 atom stereocenters. The van der Waals surface area contributed by atoms with E-state index in [2.05, 4.69) is 44.2 Å². The minimum absolute atomic E-state index is 0.363. The summed E-state index contributed by atoms with van der Waals surface area (Å²) in [6.07, 6.45) is 30.0. The van der Waals surface area contributed by atoms with Gasteiger partial charge in [-0.1, -0.05) is 185 Å². The molecule has 4 heteroatoms. The highest BCUT2D eigenvalue weighted by Gasteiger charge is 2.42. The Morgan fingerprint density at radius 1 is 0.468 bits per heavy atom. The molecular weight excluding hydrogens is 580 g/mol. The summed E-state index contributed by atoms with van der Waals surface area (Å²) in [4.78, 5) is 0. The van der Waals surface area contributed by atoms with Gasteiger partial charge in [-0.25, -0.2) is 0 Å². The lowest BCUT2D eigenvalue weighted by atomic mass is 9.78. The first-order valence-electron chi connectivity index (χ1n) is 19.8. The maximum absolute atomic E-state index is 10.5. The smallest absolute Gasteiger partial charge is 0.136 e. The molecule has 2 rings (SSSR count). The van der Waals surface area contributed by atoms with Gasteiger partial charge in [-0.05, 0) is 48.4 Å². The van der Waals surface area contributed by atoms with Crippen molar-refractivity contribution in [3.63, 3.8) is 0 Å². The minimum Gasteiger partial charge on any atom is -0.485 e. The minimum atomic E-state index is -1.20. The monoisotopic (exact) mass is 653 g/mol. The Labute approximate surface area is 289 Å². The van der Waals surface area contributed by atoms with Crippen LogP contribution >= 0.6 is 0 Å². The largest absolute Gasteiger partial charge is 0.485 e. The van der Waals surface area contributed by atoms with E-state index in [9.17, 15) is 15.3 Å². The molecule has 2 aromatic carbocycles. The summed E-state index contributed by atoms with van der Waals surface area (Å²) >= 11 is 0. The lowest BCUT2D eigenvalue weighted by Gasteiger charge is -2.38. The van der Waals surface area contributed by atoms with Crippen molar-refractivity contribution in [2.75, 3.05) is 19.8 Å². The van der Waals surface area contributed by atoms with E-state index in [1.807, 2.05) is 18.2 Å². The quantitative estimate of drug-likeness (QED) is 0.0709. The van der Waals surface area contributed by atoms with Crippen LogP contribution in [0.4, 0.5) is 0 Å². The second kappa shape index (κ2) is 27.0. The molecule has 0 aliphatic rings. The molecule has 1 unspecified atom stereocenters. The van der Waals surface area contributed by atoms with Crippen molar-refractivity contribution >= 4 is 0 Å². The molecule has 0 spiro atoms. The normalized spacial score (nSPS) is 12.4. The molecule has 47 heavy (non-hydrogen) atoms. The first-order valence-corrected chi connectivity index (χ1v) is 19.8. The van der Waals surface area contributed by atoms with E-state index < -0.39 is 11.5 Å². The van der Waals surface area contributed by atoms with Crippen molar-refractivity contribution in [2.45, 2.75) is 174 Å². The van der Waals surface area contributed by atoms with Crippen LogP contribution in [0.3, 0.4) is 0 Å². The van der Waals surface area contributed by atoms with E-state index in [0.717, 1.165) is 42.6 Å². The molecule has 0 saturated carbocycles. The van der Waals surface area contributed by atoms with E-state index in [1.165, 1.54) is 134 Å². The summed E-state index contributed by atoms with van der Waals surface area (Å²) in [5, 5.41) is 31.6. The maximum Gasteiger partial charge on any atom is 0.136 e. The summed E-state index contributed by atoms with van der Waals surface area (Å²) in [6.45, 7) is 3.46. The second-order valence-corrected chi connectivity index (χ2v) is 14.2. The zero-order valence-corrected chi connectivity index (χ0v) is 30.5. The molecule has 0 radical (unpaired) electrons. The van der Waals surface area contributed by atoms with Crippen LogP contribution in [0.1, 0.15) is 178 Å². The highest BCUT2D eigenvalue weighted by atomic mass is 16.5. The highest BCUT2D eigenvalue weighted by Crippen LogP contribution is 2.40. The third-order valence-corrected chi connectivity index (χ3v) is 10.2. The maximum atomic E-state index is 10.5. The molecule has 3 N–H and O–H groups in total. The van der Waals surface area contributed by atoms with Crippen LogP contribution in [0.15, 0.2) is 48.5 Å². The molecule has 0 heterocycles. The Morgan fingerprint density at radius 2 is 0.830 bits per heavy atom. The van der Waals surface area contributed by atoms with Crippen LogP contribution in [-0.4, -0.2) is 35.1 Å². The standard InChI is InChI=1S/C43H72O4/c1-3-5-7-9-11-13-15-17-19-21-23-29-38-30-25-27-33-40(38)42(43(35-44,36-45)37-46)47-41-34-28-26-32-39(41)31-24-22-20-18-16-14-12-10-8-6-4-2/h25-28,30,32-34,42,44-46H,3-24,29,31,35-37H2,1-2H3. The van der Waals surface area contributed by atoms with Crippen LogP contribution in [0.5, 0.6) is 5.75 Å².